The van der Waals surface area contributed by atoms with Crippen LogP contribution in [-0.2, 0) is 12.6 Å². The van der Waals surface area contributed by atoms with Crippen molar-refractivity contribution < 1.29 is 13.2 Å². The highest BCUT2D eigenvalue weighted by atomic mass is 19.4. The molecule has 1 aromatic rings. The molecule has 1 aromatic carbocycles. The van der Waals surface area contributed by atoms with E-state index >= 15 is 0 Å². The SMILES string of the molecule is CCNCC1(Cc2ccc(C(F)(F)F)cc2)CC2CC2C1. The van der Waals surface area contributed by atoms with E-state index < -0.39 is 11.7 Å². The molecule has 4 heteroatoms. The van der Waals surface area contributed by atoms with E-state index in [2.05, 4.69) is 12.2 Å². The summed E-state index contributed by atoms with van der Waals surface area (Å²) in [6.45, 7) is 4.03. The van der Waals surface area contributed by atoms with Crippen molar-refractivity contribution in [2.24, 2.45) is 17.3 Å². The number of hydrogen-bond donors (Lipinski definition) is 1. The van der Waals surface area contributed by atoms with Gasteiger partial charge in [-0.05, 0) is 67.2 Å². The van der Waals surface area contributed by atoms with Crippen LogP contribution in [0.15, 0.2) is 24.3 Å². The molecule has 0 heterocycles. The summed E-state index contributed by atoms with van der Waals surface area (Å²) in [7, 11) is 0. The van der Waals surface area contributed by atoms with Gasteiger partial charge >= 0.3 is 6.18 Å². The molecule has 2 aliphatic rings. The van der Waals surface area contributed by atoms with Crippen molar-refractivity contribution in [3.05, 3.63) is 35.4 Å². The molecule has 0 saturated heterocycles. The molecule has 3 rings (SSSR count). The quantitative estimate of drug-likeness (QED) is 0.855. The van der Waals surface area contributed by atoms with E-state index in [0.717, 1.165) is 36.9 Å². The molecule has 0 aromatic heterocycles. The van der Waals surface area contributed by atoms with Gasteiger partial charge < -0.3 is 5.32 Å². The molecule has 0 aliphatic heterocycles. The summed E-state index contributed by atoms with van der Waals surface area (Å²) in [5.74, 6) is 1.75. The van der Waals surface area contributed by atoms with Gasteiger partial charge in [0.05, 0.1) is 5.56 Å². The standard InChI is InChI=1S/C17H22F3N/c1-2-21-11-16(9-13-7-14(13)10-16)8-12-3-5-15(6-4-12)17(18,19)20/h3-6,13-14,21H,2,7-11H2,1H3. The molecule has 1 nitrogen and oxygen atoms in total. The molecule has 116 valence electrons. The van der Waals surface area contributed by atoms with Gasteiger partial charge in [-0.15, -0.1) is 0 Å². The minimum Gasteiger partial charge on any atom is -0.316 e. The molecule has 0 spiro atoms. The summed E-state index contributed by atoms with van der Waals surface area (Å²) >= 11 is 0. The van der Waals surface area contributed by atoms with Crippen LogP contribution in [0, 0.1) is 17.3 Å². The van der Waals surface area contributed by atoms with Gasteiger partial charge in [0.2, 0.25) is 0 Å². The molecular weight excluding hydrogens is 275 g/mol. The van der Waals surface area contributed by atoms with Gasteiger partial charge in [0.15, 0.2) is 0 Å². The van der Waals surface area contributed by atoms with Crippen molar-refractivity contribution in [3.8, 4) is 0 Å². The number of hydrogen-bond acceptors (Lipinski definition) is 1. The minimum atomic E-state index is -4.24. The fourth-order valence-corrected chi connectivity index (χ4v) is 3.99. The topological polar surface area (TPSA) is 12.0 Å². The molecule has 1 N–H and O–H groups in total. The zero-order chi connectivity index (χ0) is 15.1. The fraction of sp³-hybridized carbons (Fsp3) is 0.647. The van der Waals surface area contributed by atoms with Crippen molar-refractivity contribution in [2.45, 2.75) is 38.8 Å². The van der Waals surface area contributed by atoms with E-state index in [-0.39, 0.29) is 5.41 Å². The highest BCUT2D eigenvalue weighted by molar-refractivity contribution is 5.26. The number of halogens is 3. The van der Waals surface area contributed by atoms with Crippen LogP contribution < -0.4 is 5.32 Å². The third kappa shape index (κ3) is 3.25. The number of benzene rings is 1. The lowest BCUT2D eigenvalue weighted by Crippen LogP contribution is -2.35. The van der Waals surface area contributed by atoms with Crippen LogP contribution in [0.2, 0.25) is 0 Å². The number of alkyl halides is 3. The van der Waals surface area contributed by atoms with Crippen molar-refractivity contribution in [2.75, 3.05) is 13.1 Å². The first-order chi connectivity index (χ1) is 9.92. The molecule has 2 atom stereocenters. The fourth-order valence-electron chi connectivity index (χ4n) is 3.99. The normalized spacial score (nSPS) is 31.2. The Morgan fingerprint density at radius 1 is 1.14 bits per heavy atom. The van der Waals surface area contributed by atoms with Gasteiger partial charge in [-0.2, -0.15) is 13.2 Å². The summed E-state index contributed by atoms with van der Waals surface area (Å²) in [5.41, 5.74) is 0.729. The largest absolute Gasteiger partial charge is 0.416 e. The summed E-state index contributed by atoms with van der Waals surface area (Å²) in [6.07, 6.45) is 0.471. The van der Waals surface area contributed by atoms with Crippen molar-refractivity contribution in [3.63, 3.8) is 0 Å². The summed E-state index contributed by atoms with van der Waals surface area (Å²) < 4.78 is 37.8. The molecule has 0 bridgehead atoms. The first kappa shape index (κ1) is 14.9. The summed E-state index contributed by atoms with van der Waals surface area (Å²) in [4.78, 5) is 0. The molecule has 2 unspecified atom stereocenters. The maximum Gasteiger partial charge on any atom is 0.416 e. The van der Waals surface area contributed by atoms with Crippen LogP contribution in [0.25, 0.3) is 0 Å². The lowest BCUT2D eigenvalue weighted by Gasteiger charge is -2.31. The van der Waals surface area contributed by atoms with Gasteiger partial charge in [0.25, 0.3) is 0 Å². The lowest BCUT2D eigenvalue weighted by atomic mass is 9.77. The second kappa shape index (κ2) is 5.31. The van der Waals surface area contributed by atoms with Crippen LogP contribution >= 0.6 is 0 Å². The molecular formula is C17H22F3N. The Kier molecular flexibility index (Phi) is 3.76. The third-order valence-corrected chi connectivity index (χ3v) is 5.07. The minimum absolute atomic E-state index is 0.253. The average molecular weight is 297 g/mol. The Morgan fingerprint density at radius 2 is 1.76 bits per heavy atom. The maximum atomic E-state index is 12.6. The molecule has 2 fully saturated rings. The van der Waals surface area contributed by atoms with E-state index in [9.17, 15) is 13.2 Å². The van der Waals surface area contributed by atoms with Crippen LogP contribution in [0.4, 0.5) is 13.2 Å². The monoisotopic (exact) mass is 297 g/mol. The van der Waals surface area contributed by atoms with Crippen LogP contribution in [0.1, 0.15) is 37.3 Å². The van der Waals surface area contributed by atoms with Crippen molar-refractivity contribution >= 4 is 0 Å². The van der Waals surface area contributed by atoms with Crippen LogP contribution in [-0.4, -0.2) is 13.1 Å². The Hall–Kier alpha value is -1.03. The molecule has 21 heavy (non-hydrogen) atoms. The van der Waals surface area contributed by atoms with Gasteiger partial charge in [-0.25, -0.2) is 0 Å². The summed E-state index contributed by atoms with van der Waals surface area (Å²) in [5, 5.41) is 3.45. The van der Waals surface area contributed by atoms with E-state index in [1.807, 2.05) is 0 Å². The van der Waals surface area contributed by atoms with Crippen molar-refractivity contribution in [1.82, 2.24) is 5.32 Å². The number of rotatable bonds is 5. The molecule has 0 amide bonds. The van der Waals surface area contributed by atoms with Crippen LogP contribution in [0.3, 0.4) is 0 Å². The first-order valence-corrected chi connectivity index (χ1v) is 7.79. The first-order valence-electron chi connectivity index (χ1n) is 7.79. The third-order valence-electron chi connectivity index (χ3n) is 5.07. The Labute approximate surface area is 123 Å². The van der Waals surface area contributed by atoms with Gasteiger partial charge in [0.1, 0.15) is 0 Å². The summed E-state index contributed by atoms with van der Waals surface area (Å²) in [6, 6.07) is 5.73. The molecule has 2 aliphatic carbocycles. The van der Waals surface area contributed by atoms with Gasteiger partial charge in [-0.3, -0.25) is 0 Å². The van der Waals surface area contributed by atoms with E-state index in [1.165, 1.54) is 31.4 Å². The Bertz CT molecular complexity index is 482. The second-order valence-corrected chi connectivity index (χ2v) is 6.82. The predicted octanol–water partition coefficient (Wildman–Crippen LogP) is 4.27. The number of nitrogens with one attached hydrogen (secondary N) is 1. The molecule has 2 saturated carbocycles. The predicted molar refractivity (Wildman–Crippen MR) is 77.0 cm³/mol. The van der Waals surface area contributed by atoms with E-state index in [0.29, 0.717) is 0 Å². The maximum absolute atomic E-state index is 12.6. The molecule has 0 radical (unpaired) electrons. The lowest BCUT2D eigenvalue weighted by molar-refractivity contribution is -0.137. The van der Waals surface area contributed by atoms with Gasteiger partial charge in [-0.1, -0.05) is 19.1 Å². The smallest absolute Gasteiger partial charge is 0.316 e. The van der Waals surface area contributed by atoms with Gasteiger partial charge in [0, 0.05) is 6.54 Å². The average Bonchev–Trinajstić information content (AvgIpc) is 3.04. The van der Waals surface area contributed by atoms with Crippen molar-refractivity contribution in [1.29, 1.82) is 0 Å². The number of fused-ring (bicyclic) bond motifs is 1. The second-order valence-electron chi connectivity index (χ2n) is 6.82. The van der Waals surface area contributed by atoms with E-state index in [4.69, 9.17) is 0 Å². The van der Waals surface area contributed by atoms with E-state index in [1.54, 1.807) is 12.1 Å². The highest BCUT2D eigenvalue weighted by Gasteiger charge is 2.53. The Morgan fingerprint density at radius 3 is 2.29 bits per heavy atom. The highest BCUT2D eigenvalue weighted by Crippen LogP contribution is 2.60. The zero-order valence-corrected chi connectivity index (χ0v) is 12.3. The zero-order valence-electron chi connectivity index (χ0n) is 12.3. The van der Waals surface area contributed by atoms with Crippen LogP contribution in [0.5, 0.6) is 0 Å². The Balaban J connectivity index is 1.71.